The molecule has 3 aromatic rings. The van der Waals surface area contributed by atoms with Crippen molar-refractivity contribution in [3.63, 3.8) is 0 Å². The number of fused-ring (bicyclic) bond motifs is 1. The second-order valence-electron chi connectivity index (χ2n) is 6.27. The van der Waals surface area contributed by atoms with Crippen LogP contribution in [0.5, 0.6) is 0 Å². The summed E-state index contributed by atoms with van der Waals surface area (Å²) < 4.78 is 1.16. The van der Waals surface area contributed by atoms with Crippen molar-refractivity contribution >= 4 is 44.9 Å². The summed E-state index contributed by atoms with van der Waals surface area (Å²) in [6, 6.07) is 13.5. The van der Waals surface area contributed by atoms with Crippen molar-refractivity contribution in [1.82, 2.24) is 9.88 Å². The van der Waals surface area contributed by atoms with Gasteiger partial charge in [0.1, 0.15) is 0 Å². The molecule has 1 aliphatic carbocycles. The highest BCUT2D eigenvalue weighted by atomic mass is 35.5. The molecule has 0 bridgehead atoms. The molecule has 6 heteroatoms. The Labute approximate surface area is 155 Å². The van der Waals surface area contributed by atoms with Gasteiger partial charge in [-0.2, -0.15) is 0 Å². The summed E-state index contributed by atoms with van der Waals surface area (Å²) >= 11 is 7.54. The Bertz CT molecular complexity index is 889. The van der Waals surface area contributed by atoms with Gasteiger partial charge in [-0.15, -0.1) is 11.3 Å². The molecular formula is C19H18ClN3OS. The highest BCUT2D eigenvalue weighted by Gasteiger charge is 2.29. The van der Waals surface area contributed by atoms with Gasteiger partial charge in [0.15, 0.2) is 0 Å². The van der Waals surface area contributed by atoms with Crippen LogP contribution in [0.4, 0.5) is 10.5 Å². The molecule has 1 heterocycles. The largest absolute Gasteiger partial charge is 0.322 e. The number of thiazole rings is 1. The van der Waals surface area contributed by atoms with Crippen LogP contribution in [-0.2, 0) is 6.54 Å². The highest BCUT2D eigenvalue weighted by Crippen LogP contribution is 2.30. The number of urea groups is 1. The number of halogens is 1. The van der Waals surface area contributed by atoms with Gasteiger partial charge in [-0.05, 0) is 55.2 Å². The average molecular weight is 372 g/mol. The molecule has 25 heavy (non-hydrogen) atoms. The van der Waals surface area contributed by atoms with Crippen LogP contribution in [0.3, 0.4) is 0 Å². The van der Waals surface area contributed by atoms with E-state index < -0.39 is 0 Å². The van der Waals surface area contributed by atoms with Crippen LogP contribution in [0.25, 0.3) is 10.2 Å². The monoisotopic (exact) mass is 371 g/mol. The summed E-state index contributed by atoms with van der Waals surface area (Å²) in [5.74, 6) is 0. The fourth-order valence-electron chi connectivity index (χ4n) is 3.05. The van der Waals surface area contributed by atoms with Gasteiger partial charge in [0, 0.05) is 23.3 Å². The molecule has 2 amide bonds. The number of aromatic nitrogens is 1. The summed E-state index contributed by atoms with van der Waals surface area (Å²) in [5.41, 5.74) is 4.76. The second-order valence-corrected chi connectivity index (χ2v) is 7.56. The summed E-state index contributed by atoms with van der Waals surface area (Å²) in [5, 5.41) is 3.65. The zero-order valence-electron chi connectivity index (χ0n) is 13.6. The zero-order chi connectivity index (χ0) is 17.2. The Kier molecular flexibility index (Phi) is 4.59. The summed E-state index contributed by atoms with van der Waals surface area (Å²) in [6.45, 7) is 0.601. The third kappa shape index (κ3) is 3.48. The molecule has 0 saturated heterocycles. The van der Waals surface area contributed by atoms with Crippen molar-refractivity contribution in [3.8, 4) is 0 Å². The first-order valence-corrected chi connectivity index (χ1v) is 9.61. The van der Waals surface area contributed by atoms with E-state index in [1.54, 1.807) is 23.5 Å². The quantitative estimate of drug-likeness (QED) is 0.654. The number of carbonyl (C=O) groups is 1. The van der Waals surface area contributed by atoms with Gasteiger partial charge in [-0.25, -0.2) is 9.78 Å². The van der Waals surface area contributed by atoms with Gasteiger partial charge < -0.3 is 10.2 Å². The van der Waals surface area contributed by atoms with E-state index in [1.807, 2.05) is 34.7 Å². The molecule has 0 spiro atoms. The smallest absolute Gasteiger partial charge is 0.317 e. The molecule has 1 N–H and O–H groups in total. The maximum absolute atomic E-state index is 12.9. The van der Waals surface area contributed by atoms with Crippen LogP contribution < -0.4 is 5.32 Å². The number of benzene rings is 2. The second kappa shape index (κ2) is 7.02. The van der Waals surface area contributed by atoms with Crippen molar-refractivity contribution in [2.45, 2.75) is 31.8 Å². The molecule has 1 fully saturated rings. The molecule has 1 aliphatic rings. The van der Waals surface area contributed by atoms with E-state index in [1.165, 1.54) is 6.42 Å². The molecule has 1 saturated carbocycles. The normalized spacial score (nSPS) is 14.3. The number of amides is 2. The summed E-state index contributed by atoms with van der Waals surface area (Å²) in [4.78, 5) is 19.2. The van der Waals surface area contributed by atoms with Crippen LogP contribution in [0.2, 0.25) is 5.02 Å². The maximum Gasteiger partial charge on any atom is 0.322 e. The van der Waals surface area contributed by atoms with Crippen LogP contribution in [0, 0.1) is 0 Å². The highest BCUT2D eigenvalue weighted by molar-refractivity contribution is 7.16. The molecule has 128 valence electrons. The van der Waals surface area contributed by atoms with Gasteiger partial charge in [-0.3, -0.25) is 0 Å². The number of anilines is 1. The lowest BCUT2D eigenvalue weighted by Gasteiger charge is -2.37. The Morgan fingerprint density at radius 2 is 2.04 bits per heavy atom. The molecule has 2 aromatic carbocycles. The zero-order valence-corrected chi connectivity index (χ0v) is 15.2. The number of nitrogens with one attached hydrogen (secondary N) is 1. The van der Waals surface area contributed by atoms with Crippen molar-refractivity contribution in [1.29, 1.82) is 0 Å². The van der Waals surface area contributed by atoms with E-state index >= 15 is 0 Å². The lowest BCUT2D eigenvalue weighted by molar-refractivity contribution is 0.144. The fourth-order valence-corrected chi connectivity index (χ4v) is 3.97. The molecule has 0 aliphatic heterocycles. The van der Waals surface area contributed by atoms with Gasteiger partial charge in [-0.1, -0.05) is 23.7 Å². The lowest BCUT2D eigenvalue weighted by Crippen LogP contribution is -2.45. The molecule has 0 radical (unpaired) electrons. The number of hydrogen-bond acceptors (Lipinski definition) is 3. The fraction of sp³-hybridized carbons (Fsp3) is 0.263. The third-order valence-electron chi connectivity index (χ3n) is 4.65. The number of nitrogens with zero attached hydrogens (tertiary/aromatic N) is 2. The van der Waals surface area contributed by atoms with Gasteiger partial charge in [0.05, 0.1) is 15.7 Å². The molecule has 1 aromatic heterocycles. The molecular weight excluding hydrogens is 354 g/mol. The minimum Gasteiger partial charge on any atom is -0.317 e. The summed E-state index contributed by atoms with van der Waals surface area (Å²) in [7, 11) is 0. The predicted octanol–water partition coefficient (Wildman–Crippen LogP) is 5.54. The molecule has 4 nitrogen and oxygen atoms in total. The molecule has 4 rings (SSSR count). The first kappa shape index (κ1) is 16.4. The lowest BCUT2D eigenvalue weighted by atomic mass is 9.91. The van der Waals surface area contributed by atoms with Gasteiger partial charge >= 0.3 is 6.03 Å². The number of hydrogen-bond donors (Lipinski definition) is 1. The van der Waals surface area contributed by atoms with Crippen molar-refractivity contribution < 1.29 is 4.79 Å². The van der Waals surface area contributed by atoms with Gasteiger partial charge in [0.25, 0.3) is 0 Å². The Hall–Kier alpha value is -2.11. The molecule has 0 unspecified atom stereocenters. The standard InChI is InChI=1S/C19H18ClN3OS/c20-14-7-9-15(10-8-14)22-19(24)23(16-4-2-5-16)11-13-3-1-6-17-18(13)25-12-21-17/h1,3,6-10,12,16H,2,4-5,11H2,(H,22,24). The van der Waals surface area contributed by atoms with Crippen LogP contribution in [-0.4, -0.2) is 22.0 Å². The minimum atomic E-state index is -0.0615. The van der Waals surface area contributed by atoms with Crippen LogP contribution in [0.1, 0.15) is 24.8 Å². The Morgan fingerprint density at radius 1 is 1.24 bits per heavy atom. The Morgan fingerprint density at radius 3 is 2.76 bits per heavy atom. The van der Waals surface area contributed by atoms with Crippen LogP contribution >= 0.6 is 22.9 Å². The van der Waals surface area contributed by atoms with Gasteiger partial charge in [0.2, 0.25) is 0 Å². The van der Waals surface area contributed by atoms with E-state index in [-0.39, 0.29) is 6.03 Å². The first-order valence-electron chi connectivity index (χ1n) is 8.35. The van der Waals surface area contributed by atoms with Crippen LogP contribution in [0.15, 0.2) is 48.0 Å². The predicted molar refractivity (Wildman–Crippen MR) is 103 cm³/mol. The van der Waals surface area contributed by atoms with E-state index in [2.05, 4.69) is 16.4 Å². The van der Waals surface area contributed by atoms with Crippen molar-refractivity contribution in [2.24, 2.45) is 0 Å². The number of rotatable bonds is 4. The SMILES string of the molecule is O=C(Nc1ccc(Cl)cc1)N(Cc1cccc2ncsc12)C1CCC1. The minimum absolute atomic E-state index is 0.0615. The first-order chi connectivity index (χ1) is 12.2. The number of carbonyl (C=O) groups excluding carboxylic acids is 1. The van der Waals surface area contributed by atoms with Crippen molar-refractivity contribution in [3.05, 3.63) is 58.6 Å². The Balaban J connectivity index is 1.56. The maximum atomic E-state index is 12.9. The van der Waals surface area contributed by atoms with E-state index in [0.717, 1.165) is 34.3 Å². The van der Waals surface area contributed by atoms with E-state index in [9.17, 15) is 4.79 Å². The van der Waals surface area contributed by atoms with E-state index in [0.29, 0.717) is 17.6 Å². The third-order valence-corrected chi connectivity index (χ3v) is 5.82. The molecule has 0 atom stereocenters. The average Bonchev–Trinajstić information content (AvgIpc) is 3.04. The van der Waals surface area contributed by atoms with E-state index in [4.69, 9.17) is 11.6 Å². The summed E-state index contributed by atoms with van der Waals surface area (Å²) in [6.07, 6.45) is 3.31. The van der Waals surface area contributed by atoms with Crippen molar-refractivity contribution in [2.75, 3.05) is 5.32 Å². The topological polar surface area (TPSA) is 45.2 Å².